The normalized spacial score (nSPS) is 10.0. The van der Waals surface area contributed by atoms with Gasteiger partial charge in [-0.3, -0.25) is 4.79 Å². The van der Waals surface area contributed by atoms with E-state index in [9.17, 15) is 4.79 Å². The van der Waals surface area contributed by atoms with Gasteiger partial charge in [0.05, 0.1) is 0 Å². The second-order valence-electron chi connectivity index (χ2n) is 5.36. The lowest BCUT2D eigenvalue weighted by Crippen LogP contribution is -2.02. The smallest absolute Gasteiger partial charge is 0.158 e. The molecule has 0 aromatic heterocycles. The Hall–Kier alpha value is -1.59. The molecular weight excluding hydrogens is 260 g/mol. The summed E-state index contributed by atoms with van der Waals surface area (Å²) in [7, 11) is 0. The third kappa shape index (κ3) is 8.32. The Balaban J connectivity index is 2.14. The first-order chi connectivity index (χ1) is 10.3. The summed E-state index contributed by atoms with van der Waals surface area (Å²) in [6.45, 7) is 1.87. The molecule has 0 saturated carbocycles. The van der Waals surface area contributed by atoms with Crippen LogP contribution in [0.4, 0.5) is 0 Å². The third-order valence-electron chi connectivity index (χ3n) is 3.41. The molecule has 0 atom stereocenters. The molecule has 1 aromatic rings. The number of hydrogen-bond acceptors (Lipinski definition) is 2. The standard InChI is InChI=1S/C19H26O2/c1-2-9-17-12-14-18(15-13-17)10-7-5-3-4-6-8-11-19(21)16-20/h12-15,20H,2-6,8-9,11,16H2,1H3. The Bertz CT molecular complexity index is 463. The summed E-state index contributed by atoms with van der Waals surface area (Å²) >= 11 is 0. The van der Waals surface area contributed by atoms with Crippen molar-refractivity contribution < 1.29 is 9.90 Å². The minimum absolute atomic E-state index is 0.0543. The number of carbonyl (C=O) groups excluding carboxylic acids is 1. The molecule has 0 aliphatic rings. The number of carbonyl (C=O) groups is 1. The van der Waals surface area contributed by atoms with Crippen LogP contribution in [0.3, 0.4) is 0 Å². The van der Waals surface area contributed by atoms with Crippen LogP contribution in [0.5, 0.6) is 0 Å². The maximum absolute atomic E-state index is 10.9. The van der Waals surface area contributed by atoms with E-state index in [0.717, 1.165) is 44.1 Å². The lowest BCUT2D eigenvalue weighted by molar-refractivity contribution is -0.121. The molecule has 0 fully saturated rings. The van der Waals surface area contributed by atoms with Crippen molar-refractivity contribution in [3.05, 3.63) is 35.4 Å². The zero-order valence-corrected chi connectivity index (χ0v) is 13.0. The van der Waals surface area contributed by atoms with Gasteiger partial charge in [-0.1, -0.05) is 50.2 Å². The summed E-state index contributed by atoms with van der Waals surface area (Å²) in [5, 5.41) is 8.59. The van der Waals surface area contributed by atoms with Crippen LogP contribution >= 0.6 is 0 Å². The van der Waals surface area contributed by atoms with E-state index >= 15 is 0 Å². The molecule has 0 unspecified atom stereocenters. The highest BCUT2D eigenvalue weighted by atomic mass is 16.3. The fourth-order valence-corrected chi connectivity index (χ4v) is 2.18. The number of aryl methyl sites for hydroxylation is 1. The molecule has 0 amide bonds. The molecule has 21 heavy (non-hydrogen) atoms. The van der Waals surface area contributed by atoms with Gasteiger partial charge in [0.1, 0.15) is 6.61 Å². The second kappa shape index (κ2) is 11.1. The number of rotatable bonds is 9. The minimum Gasteiger partial charge on any atom is -0.389 e. The van der Waals surface area contributed by atoms with Crippen molar-refractivity contribution in [1.29, 1.82) is 0 Å². The quantitative estimate of drug-likeness (QED) is 0.552. The lowest BCUT2D eigenvalue weighted by Gasteiger charge is -1.98. The first-order valence-electron chi connectivity index (χ1n) is 7.96. The van der Waals surface area contributed by atoms with Gasteiger partial charge in [-0.05, 0) is 37.0 Å². The Kier molecular flexibility index (Phi) is 9.24. The molecule has 0 saturated heterocycles. The first kappa shape index (κ1) is 17.5. The van der Waals surface area contributed by atoms with E-state index < -0.39 is 0 Å². The lowest BCUT2D eigenvalue weighted by atomic mass is 10.1. The van der Waals surface area contributed by atoms with Crippen LogP contribution in [0.25, 0.3) is 0 Å². The molecule has 0 aliphatic carbocycles. The van der Waals surface area contributed by atoms with Crippen LogP contribution < -0.4 is 0 Å². The van der Waals surface area contributed by atoms with Gasteiger partial charge >= 0.3 is 0 Å². The third-order valence-corrected chi connectivity index (χ3v) is 3.41. The van der Waals surface area contributed by atoms with Crippen LogP contribution in [-0.2, 0) is 11.2 Å². The number of aliphatic hydroxyl groups is 1. The minimum atomic E-state index is -0.317. The van der Waals surface area contributed by atoms with Gasteiger partial charge in [-0.25, -0.2) is 0 Å². The van der Waals surface area contributed by atoms with E-state index in [0.29, 0.717) is 6.42 Å². The summed E-state index contributed by atoms with van der Waals surface area (Å²) in [6.07, 6.45) is 7.82. The fraction of sp³-hybridized carbons (Fsp3) is 0.526. The molecule has 0 aliphatic heterocycles. The fourth-order valence-electron chi connectivity index (χ4n) is 2.18. The maximum atomic E-state index is 10.9. The zero-order chi connectivity index (χ0) is 15.3. The number of Topliss-reactive ketones (excluding diaryl/α,β-unsaturated/α-hetero) is 1. The first-order valence-corrected chi connectivity index (χ1v) is 7.96. The van der Waals surface area contributed by atoms with E-state index in [1.165, 1.54) is 12.0 Å². The van der Waals surface area contributed by atoms with Gasteiger partial charge in [0.25, 0.3) is 0 Å². The van der Waals surface area contributed by atoms with Crippen LogP contribution in [0, 0.1) is 11.8 Å². The van der Waals surface area contributed by atoms with Crippen molar-refractivity contribution in [3.63, 3.8) is 0 Å². The van der Waals surface area contributed by atoms with Crippen molar-refractivity contribution in [2.45, 2.75) is 58.3 Å². The van der Waals surface area contributed by atoms with Gasteiger partial charge in [-0.15, -0.1) is 0 Å². The number of benzene rings is 1. The second-order valence-corrected chi connectivity index (χ2v) is 5.36. The largest absolute Gasteiger partial charge is 0.389 e. The average Bonchev–Trinajstić information content (AvgIpc) is 2.51. The molecule has 1 aromatic carbocycles. The predicted octanol–water partition coefficient (Wildman–Crippen LogP) is 3.89. The van der Waals surface area contributed by atoms with E-state index in [1.807, 2.05) is 0 Å². The predicted molar refractivity (Wildman–Crippen MR) is 87.1 cm³/mol. The highest BCUT2D eigenvalue weighted by Crippen LogP contribution is 2.07. The van der Waals surface area contributed by atoms with Gasteiger partial charge < -0.3 is 5.11 Å². The molecule has 1 rings (SSSR count). The van der Waals surface area contributed by atoms with Crippen LogP contribution in [0.15, 0.2) is 24.3 Å². The summed E-state index contributed by atoms with van der Waals surface area (Å²) in [5.41, 5.74) is 2.46. The van der Waals surface area contributed by atoms with Crippen molar-refractivity contribution in [1.82, 2.24) is 0 Å². The Labute approximate surface area is 128 Å². The van der Waals surface area contributed by atoms with Gasteiger partial charge in [-0.2, -0.15) is 0 Å². The Morgan fingerprint density at radius 3 is 2.48 bits per heavy atom. The molecule has 0 radical (unpaired) electrons. The number of unbranched alkanes of at least 4 members (excludes halogenated alkanes) is 4. The van der Waals surface area contributed by atoms with Crippen molar-refractivity contribution in [2.24, 2.45) is 0 Å². The molecular formula is C19H26O2. The van der Waals surface area contributed by atoms with Crippen molar-refractivity contribution in [3.8, 4) is 11.8 Å². The monoisotopic (exact) mass is 286 g/mol. The summed E-state index contributed by atoms with van der Waals surface area (Å²) < 4.78 is 0. The van der Waals surface area contributed by atoms with Gasteiger partial charge in [0.15, 0.2) is 5.78 Å². The van der Waals surface area contributed by atoms with Crippen molar-refractivity contribution in [2.75, 3.05) is 6.61 Å². The highest BCUT2D eigenvalue weighted by Gasteiger charge is 1.98. The Morgan fingerprint density at radius 2 is 1.81 bits per heavy atom. The van der Waals surface area contributed by atoms with Crippen LogP contribution in [-0.4, -0.2) is 17.5 Å². The molecule has 0 bridgehead atoms. The van der Waals surface area contributed by atoms with E-state index in [-0.39, 0.29) is 12.4 Å². The van der Waals surface area contributed by atoms with Gasteiger partial charge in [0, 0.05) is 18.4 Å². The summed E-state index contributed by atoms with van der Waals surface area (Å²) in [4.78, 5) is 10.9. The van der Waals surface area contributed by atoms with Crippen LogP contribution in [0.2, 0.25) is 0 Å². The summed E-state index contributed by atoms with van der Waals surface area (Å²) in [6, 6.07) is 8.51. The van der Waals surface area contributed by atoms with Crippen molar-refractivity contribution >= 4 is 5.78 Å². The van der Waals surface area contributed by atoms with Crippen LogP contribution in [0.1, 0.15) is 63.0 Å². The number of hydrogen-bond donors (Lipinski definition) is 1. The average molecular weight is 286 g/mol. The molecule has 2 heteroatoms. The molecule has 0 spiro atoms. The summed E-state index contributed by atoms with van der Waals surface area (Å²) in [5.74, 6) is 6.35. The topological polar surface area (TPSA) is 37.3 Å². The maximum Gasteiger partial charge on any atom is 0.158 e. The molecule has 114 valence electrons. The zero-order valence-electron chi connectivity index (χ0n) is 13.0. The number of aliphatic hydroxyl groups excluding tert-OH is 1. The molecule has 0 heterocycles. The highest BCUT2D eigenvalue weighted by molar-refractivity contribution is 5.79. The molecule has 2 nitrogen and oxygen atoms in total. The molecule has 1 N–H and O–H groups in total. The van der Waals surface area contributed by atoms with E-state index in [4.69, 9.17) is 5.11 Å². The van der Waals surface area contributed by atoms with E-state index in [2.05, 4.69) is 43.0 Å². The number of ketones is 1. The van der Waals surface area contributed by atoms with E-state index in [1.54, 1.807) is 0 Å². The van der Waals surface area contributed by atoms with Gasteiger partial charge in [0.2, 0.25) is 0 Å². The Morgan fingerprint density at radius 1 is 1.10 bits per heavy atom. The SMILES string of the molecule is CCCc1ccc(C#CCCCCCCC(=O)CO)cc1.